The number of allylic oxidation sites excluding steroid dienone is 1. The molecule has 2 heterocycles. The molecule has 1 unspecified atom stereocenters. The Kier molecular flexibility index (Phi) is 5.84. The second kappa shape index (κ2) is 8.70. The highest BCUT2D eigenvalue weighted by molar-refractivity contribution is 5.84. The van der Waals surface area contributed by atoms with E-state index in [1.54, 1.807) is 14.0 Å². The van der Waals surface area contributed by atoms with Crippen molar-refractivity contribution in [1.82, 2.24) is 4.98 Å². The van der Waals surface area contributed by atoms with E-state index in [1.807, 2.05) is 30.3 Å². The number of methoxy groups -OCH3 is 1. The Hall–Kier alpha value is -3.14. The van der Waals surface area contributed by atoms with Crippen molar-refractivity contribution in [2.45, 2.75) is 45.6 Å². The molecule has 0 fully saturated rings. The number of carbonyl (C=O) groups excluding carboxylic acids is 1. The summed E-state index contributed by atoms with van der Waals surface area (Å²) in [5.74, 6) is 1.00. The summed E-state index contributed by atoms with van der Waals surface area (Å²) >= 11 is 0. The molecule has 1 aromatic heterocycles. The zero-order valence-corrected chi connectivity index (χ0v) is 17.9. The van der Waals surface area contributed by atoms with Crippen LogP contribution in [-0.2, 0) is 4.79 Å². The fourth-order valence-corrected chi connectivity index (χ4v) is 4.21. The van der Waals surface area contributed by atoms with Gasteiger partial charge in [-0.1, -0.05) is 31.5 Å². The molecule has 30 heavy (non-hydrogen) atoms. The lowest BCUT2D eigenvalue weighted by molar-refractivity contribution is -0.117. The number of aromatic nitrogens is 1. The number of ether oxygens (including phenoxy) is 1. The summed E-state index contributed by atoms with van der Waals surface area (Å²) in [6.07, 6.45) is 5.81. The van der Waals surface area contributed by atoms with Crippen LogP contribution in [0.1, 0.15) is 56.8 Å². The number of hydrogen-bond acceptors (Lipinski definition) is 4. The number of nitrogens with zero attached hydrogens (tertiary/aromatic N) is 2. The lowest BCUT2D eigenvalue weighted by Gasteiger charge is -2.39. The fraction of sp³-hybridized carbons (Fsp3) is 0.308. The van der Waals surface area contributed by atoms with Gasteiger partial charge in [-0.3, -0.25) is 4.79 Å². The number of carbonyl (C=O) groups is 1. The predicted molar refractivity (Wildman–Crippen MR) is 123 cm³/mol. The van der Waals surface area contributed by atoms with Crippen LogP contribution in [-0.4, -0.2) is 17.9 Å². The van der Waals surface area contributed by atoms with E-state index in [1.165, 1.54) is 5.70 Å². The number of unbranched alkanes of at least 4 members (excludes halogenated alkanes) is 1. The van der Waals surface area contributed by atoms with E-state index in [9.17, 15) is 4.79 Å². The summed E-state index contributed by atoms with van der Waals surface area (Å²) in [5.41, 5.74) is 5.37. The van der Waals surface area contributed by atoms with Gasteiger partial charge in [0.1, 0.15) is 11.5 Å². The topological polar surface area (TPSA) is 42.4 Å². The number of pyridine rings is 1. The van der Waals surface area contributed by atoms with Gasteiger partial charge < -0.3 is 9.64 Å². The Labute approximate surface area is 178 Å². The van der Waals surface area contributed by atoms with Crippen LogP contribution >= 0.6 is 0 Å². The lowest BCUT2D eigenvalue weighted by Crippen LogP contribution is -2.33. The number of benzene rings is 2. The molecule has 0 spiro atoms. The van der Waals surface area contributed by atoms with Crippen molar-refractivity contribution in [2.75, 3.05) is 12.0 Å². The van der Waals surface area contributed by atoms with Crippen LogP contribution < -0.4 is 9.64 Å². The van der Waals surface area contributed by atoms with Crippen molar-refractivity contribution >= 4 is 28.4 Å². The Morgan fingerprint density at radius 1 is 1.13 bits per heavy atom. The molecule has 154 valence electrons. The first-order chi connectivity index (χ1) is 14.6. The van der Waals surface area contributed by atoms with Crippen molar-refractivity contribution in [3.05, 3.63) is 71.6 Å². The van der Waals surface area contributed by atoms with Crippen molar-refractivity contribution in [2.24, 2.45) is 0 Å². The standard InChI is InChI=1S/C26H28N2O2/c1-4-5-9-21-17-25-23(16-19-8-6-7-10-24(19)27-25)26(15-18(2)29)28(21)20-11-13-22(30-3)14-12-20/h6-8,10-14,16-17,26H,4-5,9,15H2,1-3H3. The Morgan fingerprint density at radius 2 is 1.90 bits per heavy atom. The second-order valence-corrected chi connectivity index (χ2v) is 7.88. The zero-order chi connectivity index (χ0) is 21.1. The number of Topliss-reactive ketones (excluding diaryl/α,β-unsaturated/α-hetero) is 1. The molecule has 0 aliphatic carbocycles. The van der Waals surface area contributed by atoms with Crippen LogP contribution in [0.2, 0.25) is 0 Å². The number of hydrogen-bond donors (Lipinski definition) is 0. The van der Waals surface area contributed by atoms with Crippen molar-refractivity contribution in [1.29, 1.82) is 0 Å². The molecule has 4 heteroatoms. The van der Waals surface area contributed by atoms with Gasteiger partial charge in [0.15, 0.2) is 0 Å². The minimum atomic E-state index is -0.0696. The fourth-order valence-electron chi connectivity index (χ4n) is 4.21. The minimum absolute atomic E-state index is 0.0696. The van der Waals surface area contributed by atoms with Crippen LogP contribution in [0.3, 0.4) is 0 Å². The van der Waals surface area contributed by atoms with Gasteiger partial charge >= 0.3 is 0 Å². The van der Waals surface area contributed by atoms with E-state index in [0.29, 0.717) is 6.42 Å². The molecule has 0 saturated heterocycles. The Bertz CT molecular complexity index is 1090. The molecule has 2 aromatic carbocycles. The van der Waals surface area contributed by atoms with Gasteiger partial charge in [-0.25, -0.2) is 4.98 Å². The van der Waals surface area contributed by atoms with Gasteiger partial charge in [0.25, 0.3) is 0 Å². The van der Waals surface area contributed by atoms with Gasteiger partial charge in [-0.05, 0) is 62.2 Å². The molecule has 0 bridgehead atoms. The average Bonchev–Trinajstić information content (AvgIpc) is 2.76. The summed E-state index contributed by atoms with van der Waals surface area (Å²) in [6.45, 7) is 3.87. The quantitative estimate of drug-likeness (QED) is 0.466. The summed E-state index contributed by atoms with van der Waals surface area (Å²) < 4.78 is 5.35. The molecule has 0 N–H and O–H groups in total. The van der Waals surface area contributed by atoms with E-state index in [4.69, 9.17) is 9.72 Å². The smallest absolute Gasteiger partial charge is 0.132 e. The van der Waals surface area contributed by atoms with Gasteiger partial charge in [-0.15, -0.1) is 0 Å². The highest BCUT2D eigenvalue weighted by atomic mass is 16.5. The summed E-state index contributed by atoms with van der Waals surface area (Å²) in [6, 6.07) is 18.4. The van der Waals surface area contributed by atoms with Crippen molar-refractivity contribution < 1.29 is 9.53 Å². The maximum absolute atomic E-state index is 12.3. The van der Waals surface area contributed by atoms with E-state index in [2.05, 4.69) is 42.2 Å². The molecule has 0 saturated carbocycles. The molecular formula is C26H28N2O2. The third-order valence-corrected chi connectivity index (χ3v) is 5.69. The van der Waals surface area contributed by atoms with E-state index >= 15 is 0 Å². The van der Waals surface area contributed by atoms with E-state index in [0.717, 1.165) is 52.9 Å². The lowest BCUT2D eigenvalue weighted by atomic mass is 9.90. The molecule has 4 nitrogen and oxygen atoms in total. The molecule has 4 rings (SSSR count). The van der Waals surface area contributed by atoms with Crippen LogP contribution in [0.5, 0.6) is 5.75 Å². The van der Waals surface area contributed by atoms with E-state index < -0.39 is 0 Å². The average molecular weight is 401 g/mol. The van der Waals surface area contributed by atoms with Crippen LogP contribution in [0.4, 0.5) is 5.69 Å². The Balaban J connectivity index is 1.89. The first-order valence-corrected chi connectivity index (χ1v) is 10.6. The predicted octanol–water partition coefficient (Wildman–Crippen LogP) is 6.31. The van der Waals surface area contributed by atoms with Crippen LogP contribution in [0, 0.1) is 0 Å². The second-order valence-electron chi connectivity index (χ2n) is 7.88. The monoisotopic (exact) mass is 400 g/mol. The molecule has 3 aromatic rings. The SMILES string of the molecule is CCCCC1=Cc2nc3ccccc3cc2C(CC(C)=O)N1c1ccc(OC)cc1. The van der Waals surface area contributed by atoms with Crippen molar-refractivity contribution in [3.63, 3.8) is 0 Å². The minimum Gasteiger partial charge on any atom is -0.497 e. The van der Waals surface area contributed by atoms with E-state index in [-0.39, 0.29) is 11.8 Å². The summed E-state index contributed by atoms with van der Waals surface area (Å²) in [4.78, 5) is 19.6. The first-order valence-electron chi connectivity index (χ1n) is 10.6. The van der Waals surface area contributed by atoms with Crippen molar-refractivity contribution in [3.8, 4) is 5.75 Å². The highest BCUT2D eigenvalue weighted by Crippen LogP contribution is 2.42. The van der Waals surface area contributed by atoms with Gasteiger partial charge in [0.05, 0.1) is 24.4 Å². The molecule has 1 aliphatic rings. The number of ketones is 1. The number of para-hydroxylation sites is 1. The normalized spacial score (nSPS) is 15.6. The summed E-state index contributed by atoms with van der Waals surface area (Å²) in [7, 11) is 1.67. The molecule has 0 radical (unpaired) electrons. The highest BCUT2D eigenvalue weighted by Gasteiger charge is 2.31. The number of anilines is 1. The first kappa shape index (κ1) is 20.1. The van der Waals surface area contributed by atoms with Gasteiger partial charge in [-0.2, -0.15) is 0 Å². The van der Waals surface area contributed by atoms with Gasteiger partial charge in [0.2, 0.25) is 0 Å². The molecule has 1 aliphatic heterocycles. The van der Waals surface area contributed by atoms with Gasteiger partial charge in [0, 0.05) is 28.8 Å². The maximum Gasteiger partial charge on any atom is 0.132 e. The number of rotatable bonds is 7. The third-order valence-electron chi connectivity index (χ3n) is 5.69. The largest absolute Gasteiger partial charge is 0.497 e. The molecular weight excluding hydrogens is 372 g/mol. The molecule has 0 amide bonds. The van der Waals surface area contributed by atoms with Crippen LogP contribution in [0.15, 0.2) is 60.3 Å². The van der Waals surface area contributed by atoms with Crippen LogP contribution in [0.25, 0.3) is 17.0 Å². The Morgan fingerprint density at radius 3 is 2.60 bits per heavy atom. The zero-order valence-electron chi connectivity index (χ0n) is 17.9. The maximum atomic E-state index is 12.3. The summed E-state index contributed by atoms with van der Waals surface area (Å²) in [5, 5.41) is 1.10. The number of fused-ring (bicyclic) bond motifs is 2. The third kappa shape index (κ3) is 3.95. The molecule has 1 atom stereocenters.